The molecule has 9 heteroatoms. The Kier molecular flexibility index (Phi) is 6.33. The van der Waals surface area contributed by atoms with Gasteiger partial charge in [-0.2, -0.15) is 0 Å². The van der Waals surface area contributed by atoms with E-state index in [0.29, 0.717) is 59.0 Å². The second-order valence-electron chi connectivity index (χ2n) is 7.83. The van der Waals surface area contributed by atoms with Crippen LogP contribution in [0.3, 0.4) is 0 Å². The van der Waals surface area contributed by atoms with Crippen molar-refractivity contribution in [2.24, 2.45) is 0 Å². The highest BCUT2D eigenvalue weighted by molar-refractivity contribution is 6.46. The van der Waals surface area contributed by atoms with Crippen LogP contribution in [0.4, 0.5) is 0 Å². The van der Waals surface area contributed by atoms with Crippen LogP contribution in [0.2, 0.25) is 10.0 Å². The lowest BCUT2D eigenvalue weighted by atomic mass is 9.95. The molecule has 4 rings (SSSR count). The molecule has 0 saturated carbocycles. The molecule has 2 aliphatic rings. The molecule has 0 spiro atoms. The number of ketones is 1. The van der Waals surface area contributed by atoms with Crippen molar-refractivity contribution in [1.29, 1.82) is 0 Å². The van der Waals surface area contributed by atoms with Gasteiger partial charge in [-0.25, -0.2) is 0 Å². The summed E-state index contributed by atoms with van der Waals surface area (Å²) in [5, 5.41) is 11.8. The maximum atomic E-state index is 13.1. The number of fused-ring (bicyclic) bond motifs is 1. The number of carbonyl (C=O) groups is 2. The van der Waals surface area contributed by atoms with E-state index in [1.54, 1.807) is 36.4 Å². The van der Waals surface area contributed by atoms with E-state index in [0.717, 1.165) is 0 Å². The Morgan fingerprint density at radius 1 is 1.06 bits per heavy atom. The van der Waals surface area contributed by atoms with Crippen LogP contribution in [0.15, 0.2) is 42.0 Å². The maximum Gasteiger partial charge on any atom is 0.295 e. The van der Waals surface area contributed by atoms with Gasteiger partial charge in [-0.1, -0.05) is 29.3 Å². The van der Waals surface area contributed by atoms with Crippen molar-refractivity contribution in [3.8, 4) is 11.5 Å². The van der Waals surface area contributed by atoms with Gasteiger partial charge in [0.25, 0.3) is 11.7 Å². The molecule has 0 unspecified atom stereocenters. The lowest BCUT2D eigenvalue weighted by Crippen LogP contribution is -2.35. The van der Waals surface area contributed by atoms with Gasteiger partial charge in [-0.3, -0.25) is 9.59 Å². The number of aliphatic hydroxyl groups excluding tert-OH is 1. The van der Waals surface area contributed by atoms with Crippen LogP contribution >= 0.6 is 23.2 Å². The van der Waals surface area contributed by atoms with Gasteiger partial charge in [-0.15, -0.1) is 0 Å². The van der Waals surface area contributed by atoms with Gasteiger partial charge in [0, 0.05) is 18.7 Å². The minimum absolute atomic E-state index is 0.0103. The lowest BCUT2D eigenvalue weighted by molar-refractivity contribution is -0.140. The number of benzene rings is 2. The monoisotopic (exact) mass is 476 g/mol. The highest BCUT2D eigenvalue weighted by atomic mass is 35.5. The molecule has 0 bridgehead atoms. The van der Waals surface area contributed by atoms with E-state index in [2.05, 4.69) is 0 Å². The third kappa shape index (κ3) is 4.16. The van der Waals surface area contributed by atoms with E-state index < -0.39 is 17.7 Å². The van der Waals surface area contributed by atoms with Gasteiger partial charge >= 0.3 is 0 Å². The molecule has 32 heavy (non-hydrogen) atoms. The number of likely N-dealkylation sites (N-methyl/N-ethyl adjacent to an activating group) is 1. The summed E-state index contributed by atoms with van der Waals surface area (Å²) in [6.45, 7) is 1.65. The molecule has 2 heterocycles. The Bertz CT molecular complexity index is 1120. The summed E-state index contributed by atoms with van der Waals surface area (Å²) < 4.78 is 11.1. The van der Waals surface area contributed by atoms with Crippen molar-refractivity contribution < 1.29 is 24.2 Å². The highest BCUT2D eigenvalue weighted by Gasteiger charge is 2.46. The number of halogens is 2. The number of Topliss-reactive ketones (excluding diaryl/α,β-unsaturated/α-hetero) is 1. The molecule has 168 valence electrons. The first-order valence-corrected chi connectivity index (χ1v) is 10.8. The van der Waals surface area contributed by atoms with Crippen molar-refractivity contribution in [2.45, 2.75) is 6.04 Å². The van der Waals surface area contributed by atoms with Crippen LogP contribution in [0.1, 0.15) is 17.2 Å². The number of ether oxygens (including phenoxy) is 2. The highest BCUT2D eigenvalue weighted by Crippen LogP contribution is 2.42. The molecule has 1 N–H and O–H groups in total. The van der Waals surface area contributed by atoms with Crippen LogP contribution in [-0.4, -0.2) is 67.0 Å². The van der Waals surface area contributed by atoms with Gasteiger partial charge in [0.05, 0.1) is 21.7 Å². The van der Waals surface area contributed by atoms with Gasteiger partial charge in [0.2, 0.25) is 0 Å². The number of likely N-dealkylation sites (tertiary alicyclic amines) is 1. The van der Waals surface area contributed by atoms with Crippen LogP contribution in [0.5, 0.6) is 11.5 Å². The average molecular weight is 477 g/mol. The summed E-state index contributed by atoms with van der Waals surface area (Å²) in [7, 11) is 3.75. The molecule has 0 radical (unpaired) electrons. The fourth-order valence-corrected chi connectivity index (χ4v) is 4.10. The minimum atomic E-state index is -0.807. The molecule has 1 amide bonds. The zero-order chi connectivity index (χ0) is 23.0. The number of amides is 1. The van der Waals surface area contributed by atoms with Crippen molar-refractivity contribution >= 4 is 40.7 Å². The first kappa shape index (κ1) is 22.5. The van der Waals surface area contributed by atoms with Gasteiger partial charge in [0.15, 0.2) is 11.5 Å². The molecule has 1 fully saturated rings. The number of hydrogen-bond donors (Lipinski definition) is 1. The van der Waals surface area contributed by atoms with Crippen molar-refractivity contribution in [3.63, 3.8) is 0 Å². The Hall–Kier alpha value is -2.74. The smallest absolute Gasteiger partial charge is 0.295 e. The SMILES string of the molecule is CN(C)CCN1C(=O)C(=O)C(=C(O)c2ccc3c(c2)OCCO3)[C@H]1c1ccc(Cl)c(Cl)c1. The number of carbonyl (C=O) groups excluding carboxylic acids is 2. The van der Waals surface area contributed by atoms with Crippen LogP contribution < -0.4 is 9.47 Å². The molecule has 1 atom stereocenters. The van der Waals surface area contributed by atoms with Gasteiger partial charge < -0.3 is 24.4 Å². The van der Waals surface area contributed by atoms with Crippen LogP contribution in [-0.2, 0) is 9.59 Å². The fraction of sp³-hybridized carbons (Fsp3) is 0.304. The minimum Gasteiger partial charge on any atom is -0.507 e. The molecule has 0 aromatic heterocycles. The summed E-state index contributed by atoms with van der Waals surface area (Å²) in [6, 6.07) is 9.00. The normalized spacial score (nSPS) is 19.7. The largest absolute Gasteiger partial charge is 0.507 e. The first-order chi connectivity index (χ1) is 15.3. The summed E-state index contributed by atoms with van der Waals surface area (Å²) in [4.78, 5) is 29.4. The molecule has 0 aliphatic carbocycles. The molecule has 7 nitrogen and oxygen atoms in total. The van der Waals surface area contributed by atoms with Gasteiger partial charge in [-0.05, 0) is 50.0 Å². The Morgan fingerprint density at radius 2 is 1.78 bits per heavy atom. The Morgan fingerprint density at radius 3 is 2.47 bits per heavy atom. The van der Waals surface area contributed by atoms with E-state index in [-0.39, 0.29) is 11.3 Å². The van der Waals surface area contributed by atoms with Crippen molar-refractivity contribution in [3.05, 3.63) is 63.1 Å². The van der Waals surface area contributed by atoms with Crippen LogP contribution in [0, 0.1) is 0 Å². The van der Waals surface area contributed by atoms with E-state index in [1.807, 2.05) is 19.0 Å². The zero-order valence-electron chi connectivity index (χ0n) is 17.6. The number of hydrogen-bond acceptors (Lipinski definition) is 6. The summed E-state index contributed by atoms with van der Waals surface area (Å²) in [5.41, 5.74) is 0.921. The number of aliphatic hydroxyl groups is 1. The molecular formula is C23H22Cl2N2O5. The standard InChI is InChI=1S/C23H22Cl2N2O5/c1-26(2)7-8-27-20(13-3-5-15(24)16(25)11-13)19(22(29)23(27)30)21(28)14-4-6-17-18(12-14)32-10-9-31-17/h3-6,11-12,20,28H,7-10H2,1-2H3/t20-/m1/s1. The zero-order valence-corrected chi connectivity index (χ0v) is 19.1. The third-order valence-corrected chi connectivity index (χ3v) is 6.14. The predicted octanol–water partition coefficient (Wildman–Crippen LogP) is 3.75. The maximum absolute atomic E-state index is 13.1. The third-order valence-electron chi connectivity index (χ3n) is 5.40. The quantitative estimate of drug-likeness (QED) is 0.402. The molecule has 1 saturated heterocycles. The summed E-state index contributed by atoms with van der Waals surface area (Å²) in [6.07, 6.45) is 0. The Balaban J connectivity index is 1.84. The molecule has 2 aliphatic heterocycles. The molecular weight excluding hydrogens is 455 g/mol. The summed E-state index contributed by atoms with van der Waals surface area (Å²) >= 11 is 12.3. The number of nitrogens with zero attached hydrogens (tertiary/aromatic N) is 2. The van der Waals surface area contributed by atoms with Crippen LogP contribution in [0.25, 0.3) is 5.76 Å². The second kappa shape index (κ2) is 9.02. The number of rotatable bonds is 5. The van der Waals surface area contributed by atoms with Gasteiger partial charge in [0.1, 0.15) is 19.0 Å². The summed E-state index contributed by atoms with van der Waals surface area (Å²) in [5.74, 6) is -0.702. The fourth-order valence-electron chi connectivity index (χ4n) is 3.79. The topological polar surface area (TPSA) is 79.3 Å². The molecule has 2 aromatic rings. The first-order valence-electron chi connectivity index (χ1n) is 10.1. The van der Waals surface area contributed by atoms with E-state index in [1.165, 1.54) is 4.90 Å². The second-order valence-corrected chi connectivity index (χ2v) is 8.64. The van der Waals surface area contributed by atoms with E-state index >= 15 is 0 Å². The van der Waals surface area contributed by atoms with Crippen molar-refractivity contribution in [2.75, 3.05) is 40.4 Å². The van der Waals surface area contributed by atoms with E-state index in [9.17, 15) is 14.7 Å². The molecule has 2 aromatic carbocycles. The van der Waals surface area contributed by atoms with E-state index in [4.69, 9.17) is 32.7 Å². The predicted molar refractivity (Wildman–Crippen MR) is 121 cm³/mol. The van der Waals surface area contributed by atoms with Crippen molar-refractivity contribution in [1.82, 2.24) is 9.80 Å². The lowest BCUT2D eigenvalue weighted by Gasteiger charge is -2.27. The average Bonchev–Trinajstić information content (AvgIpc) is 3.03. The Labute approximate surface area is 195 Å².